The maximum absolute atomic E-state index is 12.5. The Morgan fingerprint density at radius 3 is 2.11 bits per heavy atom. The molecule has 1 aromatic carbocycles. The van der Waals surface area contributed by atoms with Crippen molar-refractivity contribution in [3.8, 4) is 0 Å². The summed E-state index contributed by atoms with van der Waals surface area (Å²) in [6, 6.07) is 7.43. The fourth-order valence-corrected chi connectivity index (χ4v) is 2.51. The summed E-state index contributed by atoms with van der Waals surface area (Å²) in [5.41, 5.74) is 1.72. The number of halogens is 3. The molecule has 1 fully saturated rings. The summed E-state index contributed by atoms with van der Waals surface area (Å²) in [6.45, 7) is -0.00300. The van der Waals surface area contributed by atoms with Crippen LogP contribution in [0.1, 0.15) is 31.2 Å². The largest absolute Gasteiger partial charge is 0.392 e. The van der Waals surface area contributed by atoms with Crippen molar-refractivity contribution in [1.29, 1.82) is 0 Å². The molecule has 1 aliphatic rings. The third-order valence-electron chi connectivity index (χ3n) is 3.70. The van der Waals surface area contributed by atoms with Gasteiger partial charge in [-0.15, -0.1) is 0 Å². The van der Waals surface area contributed by atoms with E-state index in [2.05, 4.69) is 5.32 Å². The van der Waals surface area contributed by atoms with E-state index in [9.17, 15) is 13.2 Å². The van der Waals surface area contributed by atoms with Crippen LogP contribution in [0.3, 0.4) is 0 Å². The molecule has 0 spiro atoms. The van der Waals surface area contributed by atoms with Crippen molar-refractivity contribution in [2.24, 2.45) is 5.92 Å². The Morgan fingerprint density at radius 1 is 1.05 bits per heavy atom. The molecule has 0 radical (unpaired) electrons. The van der Waals surface area contributed by atoms with E-state index >= 15 is 0 Å². The van der Waals surface area contributed by atoms with E-state index in [-0.39, 0.29) is 25.5 Å². The number of benzene rings is 1. The van der Waals surface area contributed by atoms with Gasteiger partial charge in [0.05, 0.1) is 12.5 Å². The van der Waals surface area contributed by atoms with Crippen molar-refractivity contribution in [1.82, 2.24) is 0 Å². The molecular weight excluding hydrogens is 255 g/mol. The number of hydrogen-bond acceptors (Lipinski definition) is 2. The zero-order chi connectivity index (χ0) is 13.9. The lowest BCUT2D eigenvalue weighted by atomic mass is 9.85. The van der Waals surface area contributed by atoms with E-state index in [1.54, 1.807) is 0 Å². The number of nitrogens with one attached hydrogen (secondary N) is 1. The van der Waals surface area contributed by atoms with Crippen LogP contribution in [0.25, 0.3) is 0 Å². The topological polar surface area (TPSA) is 32.3 Å². The molecule has 2 nitrogen and oxygen atoms in total. The van der Waals surface area contributed by atoms with E-state index in [0.717, 1.165) is 11.3 Å². The first kappa shape index (κ1) is 14.2. The SMILES string of the molecule is OCc1ccc(NC2CCC(C(F)(F)F)CC2)cc1. The van der Waals surface area contributed by atoms with Crippen molar-refractivity contribution >= 4 is 5.69 Å². The van der Waals surface area contributed by atoms with Crippen molar-refractivity contribution in [2.45, 2.75) is 44.5 Å². The van der Waals surface area contributed by atoms with Gasteiger partial charge in [0, 0.05) is 11.7 Å². The first-order valence-corrected chi connectivity index (χ1v) is 6.52. The van der Waals surface area contributed by atoms with Crippen molar-refractivity contribution in [2.75, 3.05) is 5.32 Å². The number of hydrogen-bond donors (Lipinski definition) is 2. The average molecular weight is 273 g/mol. The highest BCUT2D eigenvalue weighted by molar-refractivity contribution is 5.45. The molecule has 0 heterocycles. The molecule has 0 atom stereocenters. The summed E-state index contributed by atoms with van der Waals surface area (Å²) in [5.74, 6) is -1.14. The fourth-order valence-electron chi connectivity index (χ4n) is 2.51. The second kappa shape index (κ2) is 5.82. The van der Waals surface area contributed by atoms with Crippen LogP contribution in [0.2, 0.25) is 0 Å². The molecule has 0 amide bonds. The highest BCUT2D eigenvalue weighted by Gasteiger charge is 2.41. The zero-order valence-corrected chi connectivity index (χ0v) is 10.6. The Morgan fingerprint density at radius 2 is 1.63 bits per heavy atom. The molecule has 106 valence electrons. The third kappa shape index (κ3) is 3.86. The van der Waals surface area contributed by atoms with Gasteiger partial charge in [-0.3, -0.25) is 0 Å². The minimum atomic E-state index is -4.05. The van der Waals surface area contributed by atoms with Crippen molar-refractivity contribution < 1.29 is 18.3 Å². The number of rotatable bonds is 3. The summed E-state index contributed by atoms with van der Waals surface area (Å²) < 4.78 is 37.6. The maximum Gasteiger partial charge on any atom is 0.391 e. The van der Waals surface area contributed by atoms with Crippen LogP contribution in [-0.2, 0) is 6.61 Å². The zero-order valence-electron chi connectivity index (χ0n) is 10.6. The van der Waals surface area contributed by atoms with Crippen molar-refractivity contribution in [3.63, 3.8) is 0 Å². The predicted octanol–water partition coefficient (Wildman–Crippen LogP) is 3.71. The first-order chi connectivity index (χ1) is 8.99. The van der Waals surface area contributed by atoms with E-state index in [1.165, 1.54) is 0 Å². The van der Waals surface area contributed by atoms with E-state index < -0.39 is 12.1 Å². The van der Waals surface area contributed by atoms with Gasteiger partial charge >= 0.3 is 6.18 Å². The number of alkyl halides is 3. The highest BCUT2D eigenvalue weighted by Crippen LogP contribution is 2.38. The van der Waals surface area contributed by atoms with Gasteiger partial charge in [-0.1, -0.05) is 12.1 Å². The number of aliphatic hydroxyl groups is 1. The molecule has 1 aliphatic carbocycles. The fraction of sp³-hybridized carbons (Fsp3) is 0.571. The van der Waals surface area contributed by atoms with E-state index in [4.69, 9.17) is 5.11 Å². The van der Waals surface area contributed by atoms with Gasteiger partial charge in [-0.2, -0.15) is 13.2 Å². The van der Waals surface area contributed by atoms with Gasteiger partial charge in [-0.05, 0) is 43.4 Å². The molecule has 19 heavy (non-hydrogen) atoms. The molecule has 2 rings (SSSR count). The smallest absolute Gasteiger partial charge is 0.391 e. The Hall–Kier alpha value is -1.23. The van der Waals surface area contributed by atoms with Crippen LogP contribution < -0.4 is 5.32 Å². The quantitative estimate of drug-likeness (QED) is 0.880. The Kier molecular flexibility index (Phi) is 4.34. The predicted molar refractivity (Wildman–Crippen MR) is 67.8 cm³/mol. The summed E-state index contributed by atoms with van der Waals surface area (Å²) in [6.07, 6.45) is -2.54. The lowest BCUT2D eigenvalue weighted by molar-refractivity contribution is -0.182. The number of aliphatic hydroxyl groups excluding tert-OH is 1. The first-order valence-electron chi connectivity index (χ1n) is 6.52. The van der Waals surface area contributed by atoms with E-state index in [0.29, 0.717) is 12.8 Å². The third-order valence-corrected chi connectivity index (χ3v) is 3.70. The summed E-state index contributed by atoms with van der Waals surface area (Å²) in [4.78, 5) is 0. The summed E-state index contributed by atoms with van der Waals surface area (Å²) in [5, 5.41) is 12.2. The Bertz CT molecular complexity index is 394. The molecule has 0 saturated heterocycles. The maximum atomic E-state index is 12.5. The minimum absolute atomic E-state index is 0.00300. The van der Waals surface area contributed by atoms with Gasteiger partial charge in [0.1, 0.15) is 0 Å². The minimum Gasteiger partial charge on any atom is -0.392 e. The van der Waals surface area contributed by atoms with Gasteiger partial charge in [0.25, 0.3) is 0 Å². The number of anilines is 1. The molecule has 1 aromatic rings. The standard InChI is InChI=1S/C14H18F3NO/c15-14(16,17)11-3-7-13(8-4-11)18-12-5-1-10(9-19)2-6-12/h1-2,5-6,11,13,18-19H,3-4,7-9H2. The monoisotopic (exact) mass is 273 g/mol. The Balaban J connectivity index is 1.85. The molecule has 5 heteroatoms. The molecule has 2 N–H and O–H groups in total. The molecule has 0 unspecified atom stereocenters. The normalized spacial score (nSPS) is 24.2. The van der Waals surface area contributed by atoms with Crippen LogP contribution in [0.4, 0.5) is 18.9 Å². The highest BCUT2D eigenvalue weighted by atomic mass is 19.4. The van der Waals surface area contributed by atoms with Gasteiger partial charge < -0.3 is 10.4 Å². The summed E-state index contributed by atoms with van der Waals surface area (Å²) in [7, 11) is 0. The van der Waals surface area contributed by atoms with Gasteiger partial charge in [-0.25, -0.2) is 0 Å². The van der Waals surface area contributed by atoms with Gasteiger partial charge in [0.2, 0.25) is 0 Å². The van der Waals surface area contributed by atoms with E-state index in [1.807, 2.05) is 24.3 Å². The summed E-state index contributed by atoms with van der Waals surface area (Å²) >= 11 is 0. The van der Waals surface area contributed by atoms with Crippen molar-refractivity contribution in [3.05, 3.63) is 29.8 Å². The van der Waals surface area contributed by atoms with Crippen LogP contribution in [0, 0.1) is 5.92 Å². The molecule has 0 bridgehead atoms. The van der Waals surface area contributed by atoms with Crippen LogP contribution in [-0.4, -0.2) is 17.3 Å². The molecule has 0 aliphatic heterocycles. The molecule has 1 saturated carbocycles. The lowest BCUT2D eigenvalue weighted by Gasteiger charge is -2.30. The molecular formula is C14H18F3NO. The Labute approximate surface area is 110 Å². The lowest BCUT2D eigenvalue weighted by Crippen LogP contribution is -2.32. The van der Waals surface area contributed by atoms with Gasteiger partial charge in [0.15, 0.2) is 0 Å². The van der Waals surface area contributed by atoms with Crippen LogP contribution in [0.15, 0.2) is 24.3 Å². The second-order valence-corrected chi connectivity index (χ2v) is 5.09. The molecule has 0 aromatic heterocycles. The second-order valence-electron chi connectivity index (χ2n) is 5.09. The van der Waals surface area contributed by atoms with Crippen LogP contribution >= 0.6 is 0 Å². The van der Waals surface area contributed by atoms with Crippen LogP contribution in [0.5, 0.6) is 0 Å². The average Bonchev–Trinajstić information content (AvgIpc) is 2.39.